The summed E-state index contributed by atoms with van der Waals surface area (Å²) in [5, 5.41) is 8.51. The number of rotatable bonds is 13. The highest BCUT2D eigenvalue weighted by Gasteiger charge is 2.12. The van der Waals surface area contributed by atoms with Gasteiger partial charge in [-0.2, -0.15) is 0 Å². The standard InChI is InChI=1S/C15H24O6/c1-4-13(15(17)20-6-3)14(5-2)21-12-11-19-10-9-18-8-7-16/h4-5,16H,1-2,6-12H2,3H3/b14-13-. The minimum atomic E-state index is -0.499. The van der Waals surface area contributed by atoms with E-state index in [1.165, 1.54) is 12.2 Å². The average Bonchev–Trinajstić information content (AvgIpc) is 2.49. The molecule has 0 aromatic heterocycles. The summed E-state index contributed by atoms with van der Waals surface area (Å²) in [5.74, 6) is -0.190. The molecule has 0 saturated heterocycles. The molecular formula is C15H24O6. The van der Waals surface area contributed by atoms with Gasteiger partial charge in [0.25, 0.3) is 0 Å². The second-order valence-electron chi connectivity index (χ2n) is 3.70. The summed E-state index contributed by atoms with van der Waals surface area (Å²) in [6.45, 7) is 10.9. The first-order valence-corrected chi connectivity index (χ1v) is 6.76. The molecular weight excluding hydrogens is 276 g/mol. The van der Waals surface area contributed by atoms with E-state index in [1.54, 1.807) is 6.92 Å². The number of hydrogen-bond donors (Lipinski definition) is 1. The smallest absolute Gasteiger partial charge is 0.341 e. The predicted molar refractivity (Wildman–Crippen MR) is 78.7 cm³/mol. The van der Waals surface area contributed by atoms with E-state index in [-0.39, 0.29) is 25.4 Å². The van der Waals surface area contributed by atoms with Crippen LogP contribution in [-0.2, 0) is 23.7 Å². The summed E-state index contributed by atoms with van der Waals surface area (Å²) in [5.41, 5.74) is 0.234. The molecule has 0 radical (unpaired) electrons. The lowest BCUT2D eigenvalue weighted by Crippen LogP contribution is -2.13. The van der Waals surface area contributed by atoms with Crippen LogP contribution in [0.25, 0.3) is 0 Å². The number of allylic oxidation sites excluding steroid dienone is 1. The second kappa shape index (κ2) is 13.4. The molecule has 0 aromatic carbocycles. The highest BCUT2D eigenvalue weighted by molar-refractivity contribution is 5.92. The fourth-order valence-corrected chi connectivity index (χ4v) is 1.34. The number of carbonyl (C=O) groups excluding carboxylic acids is 1. The average molecular weight is 300 g/mol. The van der Waals surface area contributed by atoms with Gasteiger partial charge < -0.3 is 24.1 Å². The van der Waals surface area contributed by atoms with E-state index in [9.17, 15) is 4.79 Å². The van der Waals surface area contributed by atoms with Gasteiger partial charge >= 0.3 is 5.97 Å². The van der Waals surface area contributed by atoms with Gasteiger partial charge in [0.15, 0.2) is 0 Å². The SMILES string of the molecule is C=C/C(OCCOCCOCCO)=C(\C=C)C(=O)OCC. The van der Waals surface area contributed by atoms with Crippen LogP contribution in [-0.4, -0.2) is 57.3 Å². The Kier molecular flexibility index (Phi) is 12.3. The molecule has 0 unspecified atom stereocenters. The highest BCUT2D eigenvalue weighted by Crippen LogP contribution is 2.11. The molecule has 21 heavy (non-hydrogen) atoms. The molecule has 0 fully saturated rings. The Morgan fingerprint density at radius 2 is 1.62 bits per heavy atom. The third-order valence-electron chi connectivity index (χ3n) is 2.24. The first-order chi connectivity index (χ1) is 10.2. The Balaban J connectivity index is 4.10. The van der Waals surface area contributed by atoms with E-state index in [2.05, 4.69) is 13.2 Å². The molecule has 0 aromatic rings. The van der Waals surface area contributed by atoms with Gasteiger partial charge in [-0.3, -0.25) is 0 Å². The third-order valence-corrected chi connectivity index (χ3v) is 2.24. The molecule has 6 nitrogen and oxygen atoms in total. The summed E-state index contributed by atoms with van der Waals surface area (Å²) in [6, 6.07) is 0. The number of aliphatic hydroxyl groups is 1. The zero-order valence-corrected chi connectivity index (χ0v) is 12.5. The van der Waals surface area contributed by atoms with Gasteiger partial charge in [-0.15, -0.1) is 0 Å². The van der Waals surface area contributed by atoms with Crippen molar-refractivity contribution in [3.8, 4) is 0 Å². The molecule has 0 aliphatic heterocycles. The lowest BCUT2D eigenvalue weighted by atomic mass is 10.2. The molecule has 1 N–H and O–H groups in total. The number of esters is 1. The van der Waals surface area contributed by atoms with Crippen molar-refractivity contribution in [2.45, 2.75) is 6.92 Å². The van der Waals surface area contributed by atoms with Crippen molar-refractivity contribution in [1.29, 1.82) is 0 Å². The molecule has 0 bridgehead atoms. The van der Waals surface area contributed by atoms with E-state index < -0.39 is 5.97 Å². The zero-order valence-electron chi connectivity index (χ0n) is 12.5. The number of hydrogen-bond acceptors (Lipinski definition) is 6. The van der Waals surface area contributed by atoms with Crippen molar-refractivity contribution in [1.82, 2.24) is 0 Å². The quantitative estimate of drug-likeness (QED) is 0.181. The van der Waals surface area contributed by atoms with Gasteiger partial charge in [0.2, 0.25) is 0 Å². The van der Waals surface area contributed by atoms with Crippen LogP contribution in [0.5, 0.6) is 0 Å². The van der Waals surface area contributed by atoms with E-state index in [4.69, 9.17) is 24.1 Å². The van der Waals surface area contributed by atoms with Crippen LogP contribution in [0.4, 0.5) is 0 Å². The Labute approximate surface area is 125 Å². The Bertz CT molecular complexity index is 348. The molecule has 6 heteroatoms. The molecule has 0 amide bonds. The largest absolute Gasteiger partial charge is 0.490 e. The molecule has 0 spiro atoms. The van der Waals surface area contributed by atoms with Gasteiger partial charge in [0.1, 0.15) is 17.9 Å². The van der Waals surface area contributed by atoms with Crippen LogP contribution < -0.4 is 0 Å². The van der Waals surface area contributed by atoms with E-state index in [1.807, 2.05) is 0 Å². The molecule has 0 aliphatic rings. The summed E-state index contributed by atoms with van der Waals surface area (Å²) < 4.78 is 20.6. The predicted octanol–water partition coefficient (Wildman–Crippen LogP) is 1.22. The molecule has 120 valence electrons. The summed E-state index contributed by atoms with van der Waals surface area (Å²) >= 11 is 0. The number of carbonyl (C=O) groups is 1. The molecule has 0 heterocycles. The third kappa shape index (κ3) is 9.01. The Morgan fingerprint density at radius 3 is 2.14 bits per heavy atom. The topological polar surface area (TPSA) is 74.2 Å². The zero-order chi connectivity index (χ0) is 15.9. The van der Waals surface area contributed by atoms with Crippen LogP contribution in [0.3, 0.4) is 0 Å². The lowest BCUT2D eigenvalue weighted by Gasteiger charge is -2.11. The highest BCUT2D eigenvalue weighted by atomic mass is 16.6. The van der Waals surface area contributed by atoms with Crippen molar-refractivity contribution >= 4 is 5.97 Å². The van der Waals surface area contributed by atoms with Crippen molar-refractivity contribution in [3.63, 3.8) is 0 Å². The van der Waals surface area contributed by atoms with Gasteiger partial charge in [-0.25, -0.2) is 4.79 Å². The molecule has 0 aliphatic carbocycles. The van der Waals surface area contributed by atoms with Crippen LogP contribution in [0.1, 0.15) is 6.92 Å². The van der Waals surface area contributed by atoms with Crippen molar-refractivity contribution < 1.29 is 28.8 Å². The fourth-order valence-electron chi connectivity index (χ4n) is 1.34. The van der Waals surface area contributed by atoms with Crippen LogP contribution >= 0.6 is 0 Å². The summed E-state index contributed by atoms with van der Waals surface area (Å²) in [7, 11) is 0. The van der Waals surface area contributed by atoms with Crippen molar-refractivity contribution in [2.24, 2.45) is 0 Å². The van der Waals surface area contributed by atoms with Gasteiger partial charge in [-0.1, -0.05) is 19.2 Å². The van der Waals surface area contributed by atoms with Gasteiger partial charge in [-0.05, 0) is 13.0 Å². The van der Waals surface area contributed by atoms with Gasteiger partial charge in [0, 0.05) is 0 Å². The summed E-state index contributed by atoms with van der Waals surface area (Å²) in [6.07, 6.45) is 2.80. The number of ether oxygens (including phenoxy) is 4. The number of aliphatic hydroxyl groups excluding tert-OH is 1. The Morgan fingerprint density at radius 1 is 1.00 bits per heavy atom. The minimum absolute atomic E-state index is 0.00517. The maximum Gasteiger partial charge on any atom is 0.341 e. The molecule has 0 rings (SSSR count). The first-order valence-electron chi connectivity index (χ1n) is 6.76. The lowest BCUT2D eigenvalue weighted by molar-refractivity contribution is -0.138. The molecule has 0 atom stereocenters. The van der Waals surface area contributed by atoms with Crippen LogP contribution in [0.15, 0.2) is 36.6 Å². The normalized spacial score (nSPS) is 11.5. The Hall–Kier alpha value is -1.63. The summed E-state index contributed by atoms with van der Waals surface area (Å²) in [4.78, 5) is 11.7. The van der Waals surface area contributed by atoms with E-state index in [0.717, 1.165) is 0 Å². The fraction of sp³-hybridized carbons (Fsp3) is 0.533. The maximum atomic E-state index is 11.7. The van der Waals surface area contributed by atoms with Crippen LogP contribution in [0, 0.1) is 0 Å². The monoisotopic (exact) mass is 300 g/mol. The van der Waals surface area contributed by atoms with E-state index >= 15 is 0 Å². The second-order valence-corrected chi connectivity index (χ2v) is 3.70. The van der Waals surface area contributed by atoms with Crippen molar-refractivity contribution in [2.75, 3.05) is 46.2 Å². The van der Waals surface area contributed by atoms with Crippen molar-refractivity contribution in [3.05, 3.63) is 36.6 Å². The van der Waals surface area contributed by atoms with E-state index in [0.29, 0.717) is 32.2 Å². The maximum absolute atomic E-state index is 11.7. The molecule has 0 saturated carbocycles. The van der Waals surface area contributed by atoms with Crippen LogP contribution in [0.2, 0.25) is 0 Å². The first kappa shape index (κ1) is 19.4. The van der Waals surface area contributed by atoms with Gasteiger partial charge in [0.05, 0.1) is 39.6 Å². The minimum Gasteiger partial charge on any atom is -0.490 e.